The van der Waals surface area contributed by atoms with Crippen molar-refractivity contribution in [2.24, 2.45) is 0 Å². The zero-order valence-electron chi connectivity index (χ0n) is 11.6. The Kier molecular flexibility index (Phi) is 3.84. The Morgan fingerprint density at radius 2 is 1.83 bits per heavy atom. The van der Waals surface area contributed by atoms with Crippen LogP contribution in [-0.2, 0) is 0 Å². The molecule has 3 rings (SSSR count). The Labute approximate surface area is 138 Å². The molecule has 114 valence electrons. The molecule has 0 amide bonds. The summed E-state index contributed by atoms with van der Waals surface area (Å²) in [6.45, 7) is 0. The Morgan fingerprint density at radius 1 is 1.13 bits per heavy atom. The summed E-state index contributed by atoms with van der Waals surface area (Å²) in [5, 5.41) is 13.5. The lowest BCUT2D eigenvalue weighted by Crippen LogP contribution is -2.05. The highest BCUT2D eigenvalue weighted by atomic mass is 79.9. The number of benzene rings is 2. The van der Waals surface area contributed by atoms with Crippen molar-refractivity contribution in [2.75, 3.05) is 5.73 Å². The van der Waals surface area contributed by atoms with E-state index in [9.17, 15) is 14.0 Å². The molecular weight excluding hydrogens is 366 g/mol. The van der Waals surface area contributed by atoms with Gasteiger partial charge in [0.1, 0.15) is 28.8 Å². The number of aromatic nitrogens is 2. The number of nitriles is 1. The molecule has 7 heteroatoms. The first-order valence-corrected chi connectivity index (χ1v) is 7.31. The van der Waals surface area contributed by atoms with Gasteiger partial charge in [-0.1, -0.05) is 34.1 Å². The van der Waals surface area contributed by atoms with Crippen molar-refractivity contribution in [3.05, 3.63) is 64.1 Å². The van der Waals surface area contributed by atoms with Gasteiger partial charge < -0.3 is 5.73 Å². The number of nitrogens with zero attached hydrogens (tertiary/aromatic N) is 3. The maximum Gasteiger partial charge on any atom is 0.184 e. The van der Waals surface area contributed by atoms with Crippen molar-refractivity contribution < 1.29 is 8.78 Å². The minimum absolute atomic E-state index is 0.0464. The number of anilines is 1. The molecule has 1 aromatic heterocycles. The van der Waals surface area contributed by atoms with Crippen molar-refractivity contribution in [1.29, 1.82) is 5.26 Å². The van der Waals surface area contributed by atoms with Crippen LogP contribution in [0.5, 0.6) is 0 Å². The Morgan fingerprint density at radius 3 is 2.48 bits per heavy atom. The Bertz CT molecular complexity index is 926. The van der Waals surface area contributed by atoms with E-state index in [0.29, 0.717) is 11.3 Å². The molecule has 0 saturated carbocycles. The number of halogens is 3. The van der Waals surface area contributed by atoms with E-state index in [1.54, 1.807) is 24.3 Å². The summed E-state index contributed by atoms with van der Waals surface area (Å²) in [4.78, 5) is 0. The third-order valence-electron chi connectivity index (χ3n) is 3.31. The Balaban J connectivity index is 2.23. The van der Waals surface area contributed by atoms with E-state index in [2.05, 4.69) is 21.0 Å². The molecule has 2 N–H and O–H groups in total. The summed E-state index contributed by atoms with van der Waals surface area (Å²) in [7, 11) is 0. The molecule has 3 aromatic rings. The van der Waals surface area contributed by atoms with Gasteiger partial charge in [-0.05, 0) is 24.3 Å². The molecule has 0 fully saturated rings. The molecule has 0 radical (unpaired) electrons. The topological polar surface area (TPSA) is 67.6 Å². The van der Waals surface area contributed by atoms with E-state index in [4.69, 9.17) is 5.73 Å². The van der Waals surface area contributed by atoms with E-state index in [0.717, 1.165) is 15.2 Å². The van der Waals surface area contributed by atoms with Crippen LogP contribution in [-0.4, -0.2) is 9.78 Å². The van der Waals surface area contributed by atoms with Gasteiger partial charge in [0.05, 0.1) is 0 Å². The molecule has 23 heavy (non-hydrogen) atoms. The van der Waals surface area contributed by atoms with Crippen LogP contribution in [0.1, 0.15) is 5.56 Å². The average Bonchev–Trinajstić information content (AvgIpc) is 2.87. The predicted octanol–water partition coefficient (Wildman–Crippen LogP) is 4.03. The van der Waals surface area contributed by atoms with Gasteiger partial charge in [0.15, 0.2) is 11.6 Å². The average molecular weight is 375 g/mol. The molecule has 0 unspecified atom stereocenters. The van der Waals surface area contributed by atoms with E-state index < -0.39 is 11.6 Å². The quantitative estimate of drug-likeness (QED) is 0.735. The van der Waals surface area contributed by atoms with E-state index >= 15 is 0 Å². The van der Waals surface area contributed by atoms with Crippen molar-refractivity contribution >= 4 is 21.7 Å². The standard InChI is InChI=1S/C16H9BrF2N4/c17-10-6-4-9(5-7-10)15-11(8-20)16(21)23(22-15)13-3-1-2-12(18)14(13)19/h1-7H,21H2. The summed E-state index contributed by atoms with van der Waals surface area (Å²) in [6, 6.07) is 12.7. The van der Waals surface area contributed by atoms with Crippen LogP contribution in [0.3, 0.4) is 0 Å². The molecule has 0 aliphatic rings. The maximum absolute atomic E-state index is 14.0. The first-order chi connectivity index (χ1) is 11.0. The molecule has 0 atom stereocenters. The van der Waals surface area contributed by atoms with E-state index in [-0.39, 0.29) is 17.1 Å². The van der Waals surface area contributed by atoms with E-state index in [1.807, 2.05) is 6.07 Å². The predicted molar refractivity (Wildman–Crippen MR) is 85.7 cm³/mol. The summed E-state index contributed by atoms with van der Waals surface area (Å²) in [5.74, 6) is -2.13. The number of rotatable bonds is 2. The third-order valence-corrected chi connectivity index (χ3v) is 3.84. The third kappa shape index (κ3) is 2.58. The first kappa shape index (κ1) is 15.2. The lowest BCUT2D eigenvalue weighted by Gasteiger charge is -2.05. The molecule has 0 spiro atoms. The second-order valence-electron chi connectivity index (χ2n) is 4.71. The summed E-state index contributed by atoms with van der Waals surface area (Å²) in [5.41, 5.74) is 6.82. The van der Waals surface area contributed by atoms with Gasteiger partial charge in [-0.3, -0.25) is 0 Å². The smallest absolute Gasteiger partial charge is 0.184 e. The normalized spacial score (nSPS) is 10.5. The van der Waals surface area contributed by atoms with Crippen LogP contribution in [0.25, 0.3) is 16.9 Å². The van der Waals surface area contributed by atoms with Crippen molar-refractivity contribution in [2.45, 2.75) is 0 Å². The molecule has 4 nitrogen and oxygen atoms in total. The second-order valence-corrected chi connectivity index (χ2v) is 5.63. The second kappa shape index (κ2) is 5.82. The number of nitrogens with two attached hydrogens (primary N) is 1. The molecule has 0 saturated heterocycles. The molecular formula is C16H9BrF2N4. The van der Waals surface area contributed by atoms with Gasteiger partial charge in [-0.25, -0.2) is 13.5 Å². The van der Waals surface area contributed by atoms with Gasteiger partial charge >= 0.3 is 0 Å². The highest BCUT2D eigenvalue weighted by Crippen LogP contribution is 2.30. The SMILES string of the molecule is N#Cc1c(-c2ccc(Br)cc2)nn(-c2cccc(F)c2F)c1N. The zero-order chi connectivity index (χ0) is 16.6. The van der Waals surface area contributed by atoms with Gasteiger partial charge in [0, 0.05) is 10.0 Å². The molecule has 0 aliphatic carbocycles. The summed E-state index contributed by atoms with van der Waals surface area (Å²) >= 11 is 3.32. The van der Waals surface area contributed by atoms with Crippen LogP contribution in [0.15, 0.2) is 46.9 Å². The summed E-state index contributed by atoms with van der Waals surface area (Å²) < 4.78 is 29.3. The lowest BCUT2D eigenvalue weighted by molar-refractivity contribution is 0.502. The van der Waals surface area contributed by atoms with Crippen molar-refractivity contribution in [3.8, 4) is 23.0 Å². The fourth-order valence-electron chi connectivity index (χ4n) is 2.19. The Hall–Kier alpha value is -2.72. The number of hydrogen-bond donors (Lipinski definition) is 1. The van der Waals surface area contributed by atoms with Gasteiger partial charge in [0.2, 0.25) is 0 Å². The largest absolute Gasteiger partial charge is 0.382 e. The minimum atomic E-state index is -1.08. The maximum atomic E-state index is 14.0. The highest BCUT2D eigenvalue weighted by Gasteiger charge is 2.20. The van der Waals surface area contributed by atoms with E-state index in [1.165, 1.54) is 12.1 Å². The molecule has 0 bridgehead atoms. The van der Waals surface area contributed by atoms with Gasteiger partial charge in [-0.15, -0.1) is 0 Å². The van der Waals surface area contributed by atoms with Crippen molar-refractivity contribution in [3.63, 3.8) is 0 Å². The minimum Gasteiger partial charge on any atom is -0.382 e. The van der Waals surface area contributed by atoms with Crippen LogP contribution in [0.2, 0.25) is 0 Å². The van der Waals surface area contributed by atoms with Crippen LogP contribution < -0.4 is 5.73 Å². The monoisotopic (exact) mass is 374 g/mol. The fraction of sp³-hybridized carbons (Fsp3) is 0. The summed E-state index contributed by atoms with van der Waals surface area (Å²) in [6.07, 6.45) is 0. The first-order valence-electron chi connectivity index (χ1n) is 6.52. The van der Waals surface area contributed by atoms with Crippen LogP contribution in [0, 0.1) is 23.0 Å². The van der Waals surface area contributed by atoms with Crippen LogP contribution >= 0.6 is 15.9 Å². The van der Waals surface area contributed by atoms with Gasteiger partial charge in [-0.2, -0.15) is 10.4 Å². The van der Waals surface area contributed by atoms with Crippen molar-refractivity contribution in [1.82, 2.24) is 9.78 Å². The van der Waals surface area contributed by atoms with Crippen LogP contribution in [0.4, 0.5) is 14.6 Å². The molecule has 2 aromatic carbocycles. The molecule has 0 aliphatic heterocycles. The lowest BCUT2D eigenvalue weighted by atomic mass is 10.1. The fourth-order valence-corrected chi connectivity index (χ4v) is 2.46. The number of hydrogen-bond acceptors (Lipinski definition) is 3. The van der Waals surface area contributed by atoms with Gasteiger partial charge in [0.25, 0.3) is 0 Å². The highest BCUT2D eigenvalue weighted by molar-refractivity contribution is 9.10. The zero-order valence-corrected chi connectivity index (χ0v) is 13.2. The molecule has 1 heterocycles. The number of nitrogen functional groups attached to an aromatic ring is 1.